The van der Waals surface area contributed by atoms with Crippen molar-refractivity contribution in [3.63, 3.8) is 0 Å². The number of fused-ring (bicyclic) bond motifs is 1. The van der Waals surface area contributed by atoms with Gasteiger partial charge < -0.3 is 4.74 Å². The maximum absolute atomic E-state index is 11.5. The first kappa shape index (κ1) is 18.0. The number of hydrogen-bond acceptors (Lipinski definition) is 4. The average Bonchev–Trinajstić information content (AvgIpc) is 2.55. The molecule has 0 aliphatic carbocycles. The van der Waals surface area contributed by atoms with Gasteiger partial charge in [-0.3, -0.25) is 9.62 Å². The third-order valence-electron chi connectivity index (χ3n) is 4.29. The van der Waals surface area contributed by atoms with Crippen molar-refractivity contribution in [3.05, 3.63) is 58.1 Å². The third-order valence-corrected chi connectivity index (χ3v) is 5.25. The summed E-state index contributed by atoms with van der Waals surface area (Å²) >= 11 is 6.31. The number of halogens is 1. The molecule has 0 radical (unpaired) electrons. The zero-order chi connectivity index (χ0) is 18.0. The molecule has 1 aliphatic heterocycles. The van der Waals surface area contributed by atoms with Crippen LogP contribution >= 0.6 is 11.6 Å². The summed E-state index contributed by atoms with van der Waals surface area (Å²) in [5.74, 6) is 0.788. The Morgan fingerprint density at radius 2 is 2.08 bits per heavy atom. The van der Waals surface area contributed by atoms with E-state index in [4.69, 9.17) is 16.3 Å². The van der Waals surface area contributed by atoms with Crippen LogP contribution in [0.2, 0.25) is 5.02 Å². The van der Waals surface area contributed by atoms with Gasteiger partial charge in [0, 0.05) is 24.7 Å². The fourth-order valence-corrected chi connectivity index (χ4v) is 3.91. The number of methoxy groups -OCH3 is 1. The van der Waals surface area contributed by atoms with E-state index in [-0.39, 0.29) is 0 Å². The fraction of sp³-hybridized carbons (Fsp3) is 0.333. The summed E-state index contributed by atoms with van der Waals surface area (Å²) in [7, 11) is -1.64. The molecule has 25 heavy (non-hydrogen) atoms. The van der Waals surface area contributed by atoms with Crippen LogP contribution in [-0.2, 0) is 29.5 Å². The first-order valence-electron chi connectivity index (χ1n) is 7.99. The molecule has 0 atom stereocenters. The van der Waals surface area contributed by atoms with E-state index < -0.39 is 10.0 Å². The average molecular weight is 381 g/mol. The Kier molecular flexibility index (Phi) is 5.22. The SMILES string of the molecule is COc1ccc(Cl)c(CN2CCc3c(cccc3NS(C)(=O)=O)C2)c1. The van der Waals surface area contributed by atoms with E-state index in [0.29, 0.717) is 5.69 Å². The Hall–Kier alpha value is -1.76. The predicted molar refractivity (Wildman–Crippen MR) is 101 cm³/mol. The van der Waals surface area contributed by atoms with Gasteiger partial charge in [0.2, 0.25) is 10.0 Å². The molecule has 1 heterocycles. The number of benzene rings is 2. The van der Waals surface area contributed by atoms with Crippen LogP contribution in [0, 0.1) is 0 Å². The largest absolute Gasteiger partial charge is 0.497 e. The minimum absolute atomic E-state index is 0.680. The lowest BCUT2D eigenvalue weighted by atomic mass is 9.97. The number of nitrogens with one attached hydrogen (secondary N) is 1. The summed E-state index contributed by atoms with van der Waals surface area (Å²) in [6.07, 6.45) is 1.96. The van der Waals surface area contributed by atoms with Crippen LogP contribution in [0.5, 0.6) is 5.75 Å². The summed E-state index contributed by atoms with van der Waals surface area (Å²) in [5, 5.41) is 0.721. The van der Waals surface area contributed by atoms with E-state index in [2.05, 4.69) is 9.62 Å². The fourth-order valence-electron chi connectivity index (χ4n) is 3.14. The summed E-state index contributed by atoms with van der Waals surface area (Å²) in [5.41, 5.74) is 3.91. The zero-order valence-electron chi connectivity index (χ0n) is 14.3. The van der Waals surface area contributed by atoms with Crippen molar-refractivity contribution in [1.82, 2.24) is 4.90 Å². The molecule has 0 amide bonds. The Bertz CT molecular complexity index is 884. The standard InChI is InChI=1S/C18H21ClN2O3S/c1-24-15-6-7-17(19)14(10-15)12-21-9-8-16-13(11-21)4-3-5-18(16)20-25(2,22)23/h3-7,10,20H,8-9,11-12H2,1-2H3. The lowest BCUT2D eigenvalue weighted by Crippen LogP contribution is -2.31. The molecule has 0 saturated heterocycles. The van der Waals surface area contributed by atoms with Gasteiger partial charge in [-0.2, -0.15) is 0 Å². The van der Waals surface area contributed by atoms with Gasteiger partial charge in [0.25, 0.3) is 0 Å². The number of anilines is 1. The number of rotatable bonds is 5. The molecule has 1 aliphatic rings. The number of sulfonamides is 1. The Morgan fingerprint density at radius 3 is 2.80 bits per heavy atom. The van der Waals surface area contributed by atoms with Gasteiger partial charge in [-0.15, -0.1) is 0 Å². The minimum Gasteiger partial charge on any atom is -0.497 e. The molecule has 0 spiro atoms. The highest BCUT2D eigenvalue weighted by Crippen LogP contribution is 2.29. The molecule has 3 rings (SSSR count). The molecule has 5 nitrogen and oxygen atoms in total. The molecule has 0 unspecified atom stereocenters. The molecule has 2 aromatic carbocycles. The smallest absolute Gasteiger partial charge is 0.229 e. The van der Waals surface area contributed by atoms with Crippen LogP contribution in [0.3, 0.4) is 0 Å². The van der Waals surface area contributed by atoms with Gasteiger partial charge in [-0.25, -0.2) is 8.42 Å². The maximum atomic E-state index is 11.5. The van der Waals surface area contributed by atoms with Crippen LogP contribution < -0.4 is 9.46 Å². The Labute approximate surface area is 153 Å². The Balaban J connectivity index is 1.79. The van der Waals surface area contributed by atoms with Gasteiger partial charge in [-0.1, -0.05) is 23.7 Å². The van der Waals surface area contributed by atoms with Crippen molar-refractivity contribution in [3.8, 4) is 5.75 Å². The van der Waals surface area contributed by atoms with Crippen LogP contribution in [0.1, 0.15) is 16.7 Å². The second kappa shape index (κ2) is 7.23. The van der Waals surface area contributed by atoms with Crippen molar-refractivity contribution in [1.29, 1.82) is 0 Å². The van der Waals surface area contributed by atoms with Crippen LogP contribution in [-0.4, -0.2) is 33.2 Å². The monoisotopic (exact) mass is 380 g/mol. The lowest BCUT2D eigenvalue weighted by Gasteiger charge is -2.30. The van der Waals surface area contributed by atoms with Crippen LogP contribution in [0.25, 0.3) is 0 Å². The summed E-state index contributed by atoms with van der Waals surface area (Å²) in [6.45, 7) is 2.31. The molecule has 0 saturated carbocycles. The molecular weight excluding hydrogens is 360 g/mol. The van der Waals surface area contributed by atoms with Gasteiger partial charge in [0.15, 0.2) is 0 Å². The highest BCUT2D eigenvalue weighted by atomic mass is 35.5. The highest BCUT2D eigenvalue weighted by molar-refractivity contribution is 7.92. The van der Waals surface area contributed by atoms with Crippen molar-refractivity contribution in [2.75, 3.05) is 24.6 Å². The van der Waals surface area contributed by atoms with Crippen molar-refractivity contribution in [2.24, 2.45) is 0 Å². The van der Waals surface area contributed by atoms with Gasteiger partial charge >= 0.3 is 0 Å². The molecule has 0 aromatic heterocycles. The molecule has 2 aromatic rings. The van der Waals surface area contributed by atoms with E-state index in [9.17, 15) is 8.42 Å². The molecule has 7 heteroatoms. The van der Waals surface area contributed by atoms with E-state index in [1.807, 2.05) is 36.4 Å². The Morgan fingerprint density at radius 1 is 1.28 bits per heavy atom. The number of hydrogen-bond donors (Lipinski definition) is 1. The topological polar surface area (TPSA) is 58.6 Å². The van der Waals surface area contributed by atoms with Crippen LogP contribution in [0.4, 0.5) is 5.69 Å². The normalized spacial score (nSPS) is 14.8. The molecular formula is C18H21ClN2O3S. The molecule has 0 bridgehead atoms. The van der Waals surface area contributed by atoms with Gasteiger partial charge in [0.1, 0.15) is 5.75 Å². The van der Waals surface area contributed by atoms with E-state index >= 15 is 0 Å². The summed E-state index contributed by atoms with van der Waals surface area (Å²) in [4.78, 5) is 2.30. The van der Waals surface area contributed by atoms with E-state index in [1.165, 1.54) is 6.26 Å². The summed E-state index contributed by atoms with van der Waals surface area (Å²) in [6, 6.07) is 11.4. The molecule has 0 fully saturated rings. The second-order valence-corrected chi connectivity index (χ2v) is 8.39. The van der Waals surface area contributed by atoms with Gasteiger partial charge in [-0.05, 0) is 47.4 Å². The first-order valence-corrected chi connectivity index (χ1v) is 10.3. The zero-order valence-corrected chi connectivity index (χ0v) is 15.8. The van der Waals surface area contributed by atoms with Crippen LogP contribution in [0.15, 0.2) is 36.4 Å². The molecule has 1 N–H and O–H groups in total. The predicted octanol–water partition coefficient (Wildman–Crippen LogP) is 3.28. The lowest BCUT2D eigenvalue weighted by molar-refractivity contribution is 0.245. The number of ether oxygens (including phenoxy) is 1. The maximum Gasteiger partial charge on any atom is 0.229 e. The highest BCUT2D eigenvalue weighted by Gasteiger charge is 2.20. The second-order valence-electron chi connectivity index (χ2n) is 6.24. The minimum atomic E-state index is -3.28. The summed E-state index contributed by atoms with van der Waals surface area (Å²) < 4.78 is 31.0. The van der Waals surface area contributed by atoms with Crippen molar-refractivity contribution >= 4 is 27.3 Å². The van der Waals surface area contributed by atoms with Crippen molar-refractivity contribution < 1.29 is 13.2 Å². The van der Waals surface area contributed by atoms with E-state index in [1.54, 1.807) is 7.11 Å². The molecule has 134 valence electrons. The van der Waals surface area contributed by atoms with E-state index in [0.717, 1.165) is 53.5 Å². The quantitative estimate of drug-likeness (QED) is 0.864. The third kappa shape index (κ3) is 4.45. The van der Waals surface area contributed by atoms with Gasteiger partial charge in [0.05, 0.1) is 19.1 Å². The van der Waals surface area contributed by atoms with Crippen molar-refractivity contribution in [2.45, 2.75) is 19.5 Å². The number of nitrogens with zero attached hydrogens (tertiary/aromatic N) is 1. The first-order chi connectivity index (χ1) is 11.9.